The lowest BCUT2D eigenvalue weighted by molar-refractivity contribution is -0.862. The SMILES string of the molecule is CNC(=O)c1cccc(NC(=O)C[NH+](C)CC(=O)NC2CC2)c1. The topological polar surface area (TPSA) is 91.7 Å². The number of carbonyl (C=O) groups is 3. The largest absolute Gasteiger partial charge is 0.355 e. The molecule has 2 rings (SSSR count). The molecule has 0 saturated heterocycles. The normalized spacial score (nSPS) is 14.7. The highest BCUT2D eigenvalue weighted by Gasteiger charge is 2.24. The third-order valence-corrected chi connectivity index (χ3v) is 3.50. The molecule has 7 heteroatoms. The van der Waals surface area contributed by atoms with Crippen molar-refractivity contribution in [3.63, 3.8) is 0 Å². The molecule has 1 atom stereocenters. The van der Waals surface area contributed by atoms with Gasteiger partial charge in [0.2, 0.25) is 0 Å². The van der Waals surface area contributed by atoms with Gasteiger partial charge in [-0.05, 0) is 31.0 Å². The van der Waals surface area contributed by atoms with Gasteiger partial charge in [0.1, 0.15) is 0 Å². The van der Waals surface area contributed by atoms with Crippen molar-refractivity contribution in [1.29, 1.82) is 0 Å². The maximum Gasteiger partial charge on any atom is 0.279 e. The molecule has 1 aliphatic rings. The number of hydrogen-bond acceptors (Lipinski definition) is 3. The van der Waals surface area contributed by atoms with E-state index in [-0.39, 0.29) is 30.8 Å². The molecule has 0 spiro atoms. The molecule has 3 amide bonds. The first kappa shape index (κ1) is 17.0. The highest BCUT2D eigenvalue weighted by atomic mass is 16.2. The molecular weight excluding hydrogens is 296 g/mol. The second-order valence-electron chi connectivity index (χ2n) is 5.86. The average molecular weight is 319 g/mol. The molecule has 1 saturated carbocycles. The standard InChI is InChI=1S/C16H22N4O3/c1-17-16(23)11-4-3-5-13(8-11)19-15(22)10-20(2)9-14(21)18-12-6-7-12/h3-5,8,12H,6-7,9-10H2,1-2H3,(H,17,23)(H,18,21)(H,19,22)/p+1. The fourth-order valence-electron chi connectivity index (χ4n) is 2.20. The van der Waals surface area contributed by atoms with Gasteiger partial charge in [0.25, 0.3) is 17.7 Å². The van der Waals surface area contributed by atoms with E-state index in [0.29, 0.717) is 17.3 Å². The van der Waals surface area contributed by atoms with Gasteiger partial charge in [-0.25, -0.2) is 0 Å². The van der Waals surface area contributed by atoms with Crippen molar-refractivity contribution < 1.29 is 19.3 Å². The van der Waals surface area contributed by atoms with E-state index in [1.807, 2.05) is 0 Å². The second-order valence-corrected chi connectivity index (χ2v) is 5.86. The summed E-state index contributed by atoms with van der Waals surface area (Å²) in [5.74, 6) is -0.434. The predicted molar refractivity (Wildman–Crippen MR) is 86.2 cm³/mol. The van der Waals surface area contributed by atoms with Gasteiger partial charge in [0.15, 0.2) is 13.1 Å². The lowest BCUT2D eigenvalue weighted by Gasteiger charge is -2.13. The number of carbonyl (C=O) groups excluding carboxylic acids is 3. The average Bonchev–Trinajstić information content (AvgIpc) is 3.29. The Morgan fingerprint density at radius 1 is 1.17 bits per heavy atom. The van der Waals surface area contributed by atoms with Crippen LogP contribution in [0.3, 0.4) is 0 Å². The minimum Gasteiger partial charge on any atom is -0.355 e. The lowest BCUT2D eigenvalue weighted by atomic mass is 10.2. The molecule has 23 heavy (non-hydrogen) atoms. The van der Waals surface area contributed by atoms with Crippen LogP contribution in [0.5, 0.6) is 0 Å². The highest BCUT2D eigenvalue weighted by molar-refractivity contribution is 5.97. The van der Waals surface area contributed by atoms with E-state index in [0.717, 1.165) is 17.7 Å². The van der Waals surface area contributed by atoms with Crippen LogP contribution in [0.1, 0.15) is 23.2 Å². The molecule has 1 aromatic rings. The first-order valence-corrected chi connectivity index (χ1v) is 7.70. The third kappa shape index (κ3) is 5.71. The molecule has 4 N–H and O–H groups in total. The van der Waals surface area contributed by atoms with E-state index in [1.165, 1.54) is 0 Å². The van der Waals surface area contributed by atoms with Crippen molar-refractivity contribution in [1.82, 2.24) is 10.6 Å². The van der Waals surface area contributed by atoms with Gasteiger partial charge in [-0.15, -0.1) is 0 Å². The summed E-state index contributed by atoms with van der Waals surface area (Å²) < 4.78 is 0. The Kier molecular flexibility index (Phi) is 5.70. The molecule has 1 aliphatic carbocycles. The number of benzene rings is 1. The number of nitrogens with one attached hydrogen (secondary N) is 4. The summed E-state index contributed by atoms with van der Waals surface area (Å²) in [7, 11) is 3.35. The Morgan fingerprint density at radius 2 is 1.87 bits per heavy atom. The smallest absolute Gasteiger partial charge is 0.279 e. The Morgan fingerprint density at radius 3 is 2.52 bits per heavy atom. The molecule has 0 bridgehead atoms. The van der Waals surface area contributed by atoms with Crippen LogP contribution in [-0.4, -0.2) is 50.9 Å². The summed E-state index contributed by atoms with van der Waals surface area (Å²) in [5, 5.41) is 8.18. The summed E-state index contributed by atoms with van der Waals surface area (Å²) >= 11 is 0. The van der Waals surface area contributed by atoms with Gasteiger partial charge < -0.3 is 20.9 Å². The zero-order chi connectivity index (χ0) is 16.8. The fraction of sp³-hybridized carbons (Fsp3) is 0.438. The van der Waals surface area contributed by atoms with Crippen molar-refractivity contribution in [2.75, 3.05) is 32.5 Å². The number of rotatable bonds is 7. The van der Waals surface area contributed by atoms with E-state index in [4.69, 9.17) is 0 Å². The van der Waals surface area contributed by atoms with E-state index in [1.54, 1.807) is 38.4 Å². The minimum absolute atomic E-state index is 0.0283. The summed E-state index contributed by atoms with van der Waals surface area (Å²) in [4.78, 5) is 36.1. The van der Waals surface area contributed by atoms with Gasteiger partial charge in [-0.1, -0.05) is 6.07 Å². The van der Waals surface area contributed by atoms with Gasteiger partial charge in [-0.2, -0.15) is 0 Å². The van der Waals surface area contributed by atoms with Crippen molar-refractivity contribution in [2.24, 2.45) is 0 Å². The zero-order valence-corrected chi connectivity index (χ0v) is 13.4. The van der Waals surface area contributed by atoms with Crippen molar-refractivity contribution in [3.8, 4) is 0 Å². The molecule has 0 aliphatic heterocycles. The molecule has 124 valence electrons. The Labute approximate surface area is 135 Å². The second kappa shape index (κ2) is 7.73. The third-order valence-electron chi connectivity index (χ3n) is 3.50. The van der Waals surface area contributed by atoms with Gasteiger partial charge >= 0.3 is 0 Å². The minimum atomic E-state index is -0.208. The molecule has 0 radical (unpaired) electrons. The van der Waals surface area contributed by atoms with Crippen molar-refractivity contribution >= 4 is 23.4 Å². The number of quaternary nitrogens is 1. The summed E-state index contributed by atoms with van der Waals surface area (Å²) in [6, 6.07) is 7.05. The first-order chi connectivity index (χ1) is 11.0. The van der Waals surface area contributed by atoms with Crippen LogP contribution in [0.2, 0.25) is 0 Å². The molecule has 1 unspecified atom stereocenters. The van der Waals surface area contributed by atoms with E-state index in [2.05, 4.69) is 16.0 Å². The summed E-state index contributed by atoms with van der Waals surface area (Å²) in [5.41, 5.74) is 1.04. The molecule has 0 aromatic heterocycles. The zero-order valence-electron chi connectivity index (χ0n) is 13.4. The van der Waals surface area contributed by atoms with Gasteiger partial charge in [0, 0.05) is 24.3 Å². The summed E-state index contributed by atoms with van der Waals surface area (Å²) in [6.45, 7) is 0.449. The maximum atomic E-state index is 12.0. The van der Waals surface area contributed by atoms with Crippen molar-refractivity contribution in [2.45, 2.75) is 18.9 Å². The number of anilines is 1. The van der Waals surface area contributed by atoms with Gasteiger partial charge in [0.05, 0.1) is 7.05 Å². The van der Waals surface area contributed by atoms with Crippen LogP contribution in [0, 0.1) is 0 Å². The molecule has 7 nitrogen and oxygen atoms in total. The first-order valence-electron chi connectivity index (χ1n) is 7.70. The van der Waals surface area contributed by atoms with Crippen LogP contribution < -0.4 is 20.9 Å². The number of amides is 3. The number of likely N-dealkylation sites (N-methyl/N-ethyl adjacent to an activating group) is 1. The van der Waals surface area contributed by atoms with Crippen LogP contribution in [0.15, 0.2) is 24.3 Å². The van der Waals surface area contributed by atoms with Crippen LogP contribution >= 0.6 is 0 Å². The highest BCUT2D eigenvalue weighted by Crippen LogP contribution is 2.18. The molecule has 1 fully saturated rings. The Balaban J connectivity index is 1.81. The molecule has 1 aromatic carbocycles. The monoisotopic (exact) mass is 319 g/mol. The quantitative estimate of drug-likeness (QED) is 0.508. The number of hydrogen-bond donors (Lipinski definition) is 4. The predicted octanol–water partition coefficient (Wildman–Crippen LogP) is -1.22. The van der Waals surface area contributed by atoms with E-state index < -0.39 is 0 Å². The van der Waals surface area contributed by atoms with Crippen LogP contribution in [0.25, 0.3) is 0 Å². The van der Waals surface area contributed by atoms with Crippen LogP contribution in [0.4, 0.5) is 5.69 Å². The van der Waals surface area contributed by atoms with E-state index >= 15 is 0 Å². The maximum absolute atomic E-state index is 12.0. The Hall–Kier alpha value is -2.41. The fourth-order valence-corrected chi connectivity index (χ4v) is 2.20. The molecule has 0 heterocycles. The van der Waals surface area contributed by atoms with Gasteiger partial charge in [-0.3, -0.25) is 14.4 Å². The molecular formula is C16H23N4O3+. The van der Waals surface area contributed by atoms with E-state index in [9.17, 15) is 14.4 Å². The van der Waals surface area contributed by atoms with Crippen LogP contribution in [-0.2, 0) is 9.59 Å². The Bertz CT molecular complexity index is 599. The lowest BCUT2D eigenvalue weighted by Crippen LogP contribution is -3.11. The summed E-state index contributed by atoms with van der Waals surface area (Å²) in [6.07, 6.45) is 2.10. The van der Waals surface area contributed by atoms with Crippen molar-refractivity contribution in [3.05, 3.63) is 29.8 Å².